The molecule has 0 spiro atoms. The number of methoxy groups -OCH3 is 1. The van der Waals surface area contributed by atoms with Crippen molar-refractivity contribution in [3.05, 3.63) is 77.9 Å². The Bertz CT molecular complexity index is 2670. The number of amides is 9. The van der Waals surface area contributed by atoms with Gasteiger partial charge in [0, 0.05) is 57.4 Å². The number of aliphatic hydroxyl groups is 2. The molecule has 0 aliphatic carbocycles. The number of aliphatic hydroxyl groups excluding tert-OH is 1. The van der Waals surface area contributed by atoms with Crippen molar-refractivity contribution in [2.45, 2.75) is 213 Å². The molecule has 10 N–H and O–H groups in total. The van der Waals surface area contributed by atoms with Crippen LogP contribution in [0.1, 0.15) is 164 Å². The van der Waals surface area contributed by atoms with E-state index in [1.807, 2.05) is 43.9 Å². The highest BCUT2D eigenvalue weighted by Gasteiger charge is 2.42. The molecule has 2 aliphatic heterocycles. The van der Waals surface area contributed by atoms with E-state index in [4.69, 9.17) is 15.2 Å². The number of carbonyl (C=O) groups excluding carboxylic acids is 9. The third-order valence-corrected chi connectivity index (χ3v) is 16.9. The number of hydrogen-bond donors (Lipinski definition) is 9. The van der Waals surface area contributed by atoms with Crippen molar-refractivity contribution in [1.29, 1.82) is 0 Å². The molecule has 2 aromatic rings. The highest BCUT2D eigenvalue weighted by Crippen LogP contribution is 2.29. The fourth-order valence-electron chi connectivity index (χ4n) is 11.1. The van der Waals surface area contributed by atoms with Crippen molar-refractivity contribution in [1.82, 2.24) is 41.3 Å². The van der Waals surface area contributed by atoms with Crippen LogP contribution in [-0.2, 0) is 54.4 Å². The minimum atomic E-state index is -1.56. The van der Waals surface area contributed by atoms with Gasteiger partial charge in [0.2, 0.25) is 47.3 Å². The van der Waals surface area contributed by atoms with Gasteiger partial charge in [0.25, 0.3) is 0 Å². The summed E-state index contributed by atoms with van der Waals surface area (Å²) in [4.78, 5) is 126. The van der Waals surface area contributed by atoms with Gasteiger partial charge in [-0.2, -0.15) is 0 Å². The summed E-state index contributed by atoms with van der Waals surface area (Å²) in [5.74, 6) is -4.36. The number of nitrogens with one attached hydrogen (secondary N) is 6. The highest BCUT2D eigenvalue weighted by atomic mass is 16.5. The largest absolute Gasteiger partial charge is 0.445 e. The first kappa shape index (κ1) is 73.5. The van der Waals surface area contributed by atoms with Gasteiger partial charge in [-0.15, -0.1) is 0 Å². The summed E-state index contributed by atoms with van der Waals surface area (Å²) in [5.41, 5.74) is 4.53. The second kappa shape index (κ2) is 34.7. The third-order valence-electron chi connectivity index (χ3n) is 16.9. The minimum absolute atomic E-state index is 0.0262. The van der Waals surface area contributed by atoms with Gasteiger partial charge >= 0.3 is 6.09 Å². The standard InChI is InChI=1S/C65H102N10O13/c1-14-42(6)56(50(87-13)38-53(78)74-35-22-25-48(74)37-43(7)58(80)67-44(8)57(79)46-23-17-15-18-24-46)73(12)61(83)55(41(4)5)71-62(84)64(9,10)72-63(85)88-39-45-28-30-47(31-29-45)68-59(81)49(26-21-34-66)69-60(82)54(40(2)3)70-51(76)27-19-16-20-36-75-52(77)32-33-65(75,11)86/h15,17-18,23-24,28-33,40-44,48-50,54-57,79,86H,14,16,19-22,25-27,34-39,66H2,1-13H3,(H,67,80)(H,68,81)(H,69,82)(H,70,76)(H,71,84)(H,72,85). The second-order valence-electron chi connectivity index (χ2n) is 25.2. The zero-order valence-electron chi connectivity index (χ0n) is 54.2. The molecular formula is C65H102N10O13. The molecule has 11 unspecified atom stereocenters. The van der Waals surface area contributed by atoms with Gasteiger partial charge in [-0.05, 0) is 126 Å². The van der Waals surface area contributed by atoms with Gasteiger partial charge < -0.3 is 72.0 Å². The molecule has 9 amide bonds. The Morgan fingerprint density at radius 1 is 0.841 bits per heavy atom. The van der Waals surface area contributed by atoms with Crippen molar-refractivity contribution >= 4 is 59.0 Å². The molecule has 0 radical (unpaired) electrons. The zero-order chi connectivity index (χ0) is 65.6. The minimum Gasteiger partial charge on any atom is -0.445 e. The lowest BCUT2D eigenvalue weighted by Crippen LogP contribution is -2.62. The molecule has 23 heteroatoms. The summed E-state index contributed by atoms with van der Waals surface area (Å²) in [6, 6.07) is 11.3. The summed E-state index contributed by atoms with van der Waals surface area (Å²) < 4.78 is 11.5. The maximum Gasteiger partial charge on any atom is 0.408 e. The van der Waals surface area contributed by atoms with Crippen LogP contribution in [-0.4, -0.2) is 166 Å². The van der Waals surface area contributed by atoms with E-state index < -0.39 is 95.2 Å². The topological polar surface area (TPSA) is 320 Å². The number of carbonyl (C=O) groups is 9. The molecule has 2 aromatic carbocycles. The van der Waals surface area contributed by atoms with Crippen LogP contribution in [0.3, 0.4) is 0 Å². The average Bonchev–Trinajstić information content (AvgIpc) is 4.22. The van der Waals surface area contributed by atoms with Crippen LogP contribution in [0.2, 0.25) is 0 Å². The number of nitrogens with two attached hydrogens (primary N) is 1. The van der Waals surface area contributed by atoms with Crippen LogP contribution in [0.15, 0.2) is 66.7 Å². The molecule has 0 saturated carbocycles. The number of anilines is 1. The van der Waals surface area contributed by atoms with Gasteiger partial charge in [0.1, 0.15) is 30.3 Å². The lowest BCUT2D eigenvalue weighted by atomic mass is 9.89. The summed E-state index contributed by atoms with van der Waals surface area (Å²) in [6.45, 7) is 20.1. The molecule has 2 aliphatic rings. The molecule has 0 bridgehead atoms. The molecular weight excluding hydrogens is 1130 g/mol. The Kier molecular flexibility index (Phi) is 29.0. The maximum absolute atomic E-state index is 14.6. The van der Waals surface area contributed by atoms with Gasteiger partial charge in [-0.25, -0.2) is 4.79 Å². The summed E-state index contributed by atoms with van der Waals surface area (Å²) in [5, 5.41) is 38.0. The van der Waals surface area contributed by atoms with Crippen LogP contribution < -0.4 is 37.6 Å². The molecule has 1 saturated heterocycles. The Balaban J connectivity index is 1.29. The number of rotatable bonds is 35. The normalized spacial score (nSPS) is 18.9. The van der Waals surface area contributed by atoms with Crippen molar-refractivity contribution in [2.75, 3.05) is 39.1 Å². The summed E-state index contributed by atoms with van der Waals surface area (Å²) in [7, 11) is 3.15. The molecule has 4 rings (SSSR count). The fraction of sp³-hybridized carbons (Fsp3) is 0.646. The third kappa shape index (κ3) is 21.7. The average molecular weight is 1230 g/mol. The van der Waals surface area contributed by atoms with E-state index in [2.05, 4.69) is 31.9 Å². The summed E-state index contributed by atoms with van der Waals surface area (Å²) in [6.07, 6.45) is 5.29. The van der Waals surface area contributed by atoms with Crippen LogP contribution in [0.5, 0.6) is 0 Å². The van der Waals surface area contributed by atoms with Gasteiger partial charge in [0.05, 0.1) is 30.7 Å². The molecule has 88 heavy (non-hydrogen) atoms. The molecule has 11 atom stereocenters. The maximum atomic E-state index is 14.6. The number of unbranched alkanes of at least 4 members (excludes halogenated alkanes) is 2. The second-order valence-corrected chi connectivity index (χ2v) is 25.2. The lowest BCUT2D eigenvalue weighted by molar-refractivity contribution is -0.146. The molecule has 490 valence electrons. The molecule has 0 aromatic heterocycles. The number of alkyl carbamates (subject to hydrolysis) is 1. The number of likely N-dealkylation sites (N-methyl/N-ethyl adjacent to an activating group) is 1. The van der Waals surface area contributed by atoms with Crippen LogP contribution in [0.4, 0.5) is 10.5 Å². The van der Waals surface area contributed by atoms with Gasteiger partial charge in [0.15, 0.2) is 5.72 Å². The quantitative estimate of drug-likeness (QED) is 0.0394. The first-order chi connectivity index (χ1) is 41.5. The van der Waals surface area contributed by atoms with E-state index in [0.29, 0.717) is 68.4 Å². The highest BCUT2D eigenvalue weighted by molar-refractivity contribution is 5.98. The van der Waals surface area contributed by atoms with Crippen LogP contribution in [0, 0.1) is 23.7 Å². The monoisotopic (exact) mass is 1230 g/mol. The lowest BCUT2D eigenvalue weighted by Gasteiger charge is -2.40. The van der Waals surface area contributed by atoms with E-state index in [9.17, 15) is 53.4 Å². The number of likely N-dealkylation sites (tertiary alicyclic amines) is 1. The Morgan fingerprint density at radius 3 is 2.09 bits per heavy atom. The number of hydrogen-bond acceptors (Lipinski definition) is 14. The van der Waals surface area contributed by atoms with E-state index in [1.54, 1.807) is 83.0 Å². The molecule has 2 heterocycles. The van der Waals surface area contributed by atoms with Crippen LogP contribution >= 0.6 is 0 Å². The van der Waals surface area contributed by atoms with Gasteiger partial charge in [-0.1, -0.05) is 104 Å². The van der Waals surface area contributed by atoms with Crippen molar-refractivity contribution < 1.29 is 62.8 Å². The van der Waals surface area contributed by atoms with E-state index in [0.717, 1.165) is 12.8 Å². The number of nitrogens with zero attached hydrogens (tertiary/aromatic N) is 3. The molecule has 23 nitrogen and oxygen atoms in total. The smallest absolute Gasteiger partial charge is 0.408 e. The first-order valence-corrected chi connectivity index (χ1v) is 31.3. The Labute approximate surface area is 520 Å². The van der Waals surface area contributed by atoms with Gasteiger partial charge in [-0.3, -0.25) is 38.4 Å². The SMILES string of the molecule is CCC(C)C(C(CC(=O)N1CCCC1CC(C)C(=O)NC(C)C(O)c1ccccc1)OC)N(C)C(=O)C(NC(=O)C(C)(C)NC(=O)OCc1ccc(NC(=O)C(CCCN)NC(=O)C(NC(=O)CCCCCN2C(=O)C=CC2(C)O)C(C)C)cc1)C(C)C. The Morgan fingerprint density at radius 2 is 1.50 bits per heavy atom. The fourth-order valence-corrected chi connectivity index (χ4v) is 11.1. The predicted octanol–water partition coefficient (Wildman–Crippen LogP) is 5.34. The first-order valence-electron chi connectivity index (χ1n) is 31.3. The zero-order valence-corrected chi connectivity index (χ0v) is 54.2. The van der Waals surface area contributed by atoms with E-state index in [-0.39, 0.29) is 73.9 Å². The van der Waals surface area contributed by atoms with E-state index in [1.165, 1.54) is 44.9 Å². The number of ether oxygens (including phenoxy) is 2. The van der Waals surface area contributed by atoms with Crippen molar-refractivity contribution in [3.8, 4) is 0 Å². The van der Waals surface area contributed by atoms with Crippen LogP contribution in [0.25, 0.3) is 0 Å². The summed E-state index contributed by atoms with van der Waals surface area (Å²) >= 11 is 0. The predicted molar refractivity (Wildman–Crippen MR) is 335 cm³/mol. The Hall–Kier alpha value is -6.95. The number of benzene rings is 2. The molecule has 1 fully saturated rings. The van der Waals surface area contributed by atoms with E-state index >= 15 is 0 Å². The van der Waals surface area contributed by atoms with Crippen molar-refractivity contribution in [2.24, 2.45) is 29.4 Å². The van der Waals surface area contributed by atoms with Crippen molar-refractivity contribution in [3.63, 3.8) is 0 Å².